The number of amides is 1. The van der Waals surface area contributed by atoms with Crippen molar-refractivity contribution in [3.63, 3.8) is 0 Å². The van der Waals surface area contributed by atoms with Crippen LogP contribution in [0.15, 0.2) is 60.8 Å². The fourth-order valence-corrected chi connectivity index (χ4v) is 2.40. The van der Waals surface area contributed by atoms with E-state index in [1.54, 1.807) is 12.3 Å². The topological polar surface area (TPSA) is 42.0 Å². The van der Waals surface area contributed by atoms with Crippen LogP contribution in [0.1, 0.15) is 15.9 Å². The minimum absolute atomic E-state index is 0.154. The highest BCUT2D eigenvalue weighted by molar-refractivity contribution is 6.17. The second-order valence-electron chi connectivity index (χ2n) is 4.66. The molecule has 3 nitrogen and oxygen atoms in total. The van der Waals surface area contributed by atoms with Crippen LogP contribution in [-0.4, -0.2) is 10.9 Å². The van der Waals surface area contributed by atoms with Gasteiger partial charge in [0.15, 0.2) is 0 Å². The highest BCUT2D eigenvalue weighted by Crippen LogP contribution is 2.19. The van der Waals surface area contributed by atoms with Gasteiger partial charge in [-0.05, 0) is 35.9 Å². The van der Waals surface area contributed by atoms with Gasteiger partial charge in [-0.1, -0.05) is 24.3 Å². The first kappa shape index (κ1) is 13.6. The van der Waals surface area contributed by atoms with Crippen molar-refractivity contribution in [1.82, 2.24) is 4.98 Å². The Hall–Kier alpha value is -2.39. The number of carbonyl (C=O) groups is 1. The summed E-state index contributed by atoms with van der Waals surface area (Å²) in [6.45, 7) is 0. The van der Waals surface area contributed by atoms with Crippen molar-refractivity contribution in [3.05, 3.63) is 71.9 Å². The summed E-state index contributed by atoms with van der Waals surface area (Å²) in [6, 6.07) is 16.8. The van der Waals surface area contributed by atoms with Gasteiger partial charge in [0.2, 0.25) is 0 Å². The molecule has 0 bridgehead atoms. The Balaban J connectivity index is 1.90. The predicted molar refractivity (Wildman–Crippen MR) is 85.7 cm³/mol. The molecule has 0 unspecified atom stereocenters. The van der Waals surface area contributed by atoms with E-state index in [0.717, 1.165) is 22.2 Å². The third-order valence-corrected chi connectivity index (χ3v) is 3.56. The standard InChI is InChI=1S/C17H13ClN2O/c18-11-14-4-1-2-6-16(14)20-17(21)13-7-8-15-12(10-13)5-3-9-19-15/h1-10H,11H2,(H,20,21). The number of anilines is 1. The normalized spacial score (nSPS) is 10.5. The molecular formula is C17H13ClN2O. The summed E-state index contributed by atoms with van der Waals surface area (Å²) in [5.74, 6) is 0.205. The van der Waals surface area contributed by atoms with Crippen molar-refractivity contribution in [2.24, 2.45) is 0 Å². The van der Waals surface area contributed by atoms with Crippen LogP contribution >= 0.6 is 11.6 Å². The van der Waals surface area contributed by atoms with Gasteiger partial charge in [0.1, 0.15) is 0 Å². The average molecular weight is 297 g/mol. The molecule has 0 aliphatic heterocycles. The molecule has 2 aromatic carbocycles. The van der Waals surface area contributed by atoms with Gasteiger partial charge >= 0.3 is 0 Å². The summed E-state index contributed by atoms with van der Waals surface area (Å²) < 4.78 is 0. The third kappa shape index (κ3) is 2.88. The molecule has 0 spiro atoms. The number of hydrogen-bond acceptors (Lipinski definition) is 2. The fourth-order valence-electron chi connectivity index (χ4n) is 2.17. The smallest absolute Gasteiger partial charge is 0.255 e. The zero-order valence-electron chi connectivity index (χ0n) is 11.2. The van der Waals surface area contributed by atoms with Crippen LogP contribution in [-0.2, 0) is 5.88 Å². The largest absolute Gasteiger partial charge is 0.322 e. The van der Waals surface area contributed by atoms with Crippen molar-refractivity contribution in [2.45, 2.75) is 5.88 Å². The molecule has 0 radical (unpaired) electrons. The Bertz CT molecular complexity index is 801. The minimum Gasteiger partial charge on any atom is -0.322 e. The monoisotopic (exact) mass is 296 g/mol. The van der Waals surface area contributed by atoms with Gasteiger partial charge in [0.25, 0.3) is 5.91 Å². The average Bonchev–Trinajstić information content (AvgIpc) is 2.55. The number of nitrogens with one attached hydrogen (secondary N) is 1. The maximum Gasteiger partial charge on any atom is 0.255 e. The van der Waals surface area contributed by atoms with Gasteiger partial charge < -0.3 is 5.32 Å². The molecule has 0 saturated carbocycles. The van der Waals surface area contributed by atoms with E-state index in [1.165, 1.54) is 0 Å². The van der Waals surface area contributed by atoms with Crippen molar-refractivity contribution in [1.29, 1.82) is 0 Å². The van der Waals surface area contributed by atoms with E-state index in [-0.39, 0.29) is 5.91 Å². The number of fused-ring (bicyclic) bond motifs is 1. The van der Waals surface area contributed by atoms with E-state index < -0.39 is 0 Å². The molecule has 1 N–H and O–H groups in total. The Morgan fingerprint density at radius 1 is 1.10 bits per heavy atom. The number of para-hydroxylation sites is 1. The molecule has 0 fully saturated rings. The molecule has 21 heavy (non-hydrogen) atoms. The van der Waals surface area contributed by atoms with Crippen molar-refractivity contribution < 1.29 is 4.79 Å². The van der Waals surface area contributed by atoms with Gasteiger partial charge in [0.05, 0.1) is 5.52 Å². The number of carbonyl (C=O) groups excluding carboxylic acids is 1. The molecule has 1 aromatic heterocycles. The molecule has 104 valence electrons. The first-order valence-electron chi connectivity index (χ1n) is 6.58. The molecule has 0 atom stereocenters. The van der Waals surface area contributed by atoms with E-state index in [1.807, 2.05) is 48.5 Å². The number of pyridine rings is 1. The Morgan fingerprint density at radius 3 is 2.81 bits per heavy atom. The number of aromatic nitrogens is 1. The van der Waals surface area contributed by atoms with Crippen LogP contribution in [0.2, 0.25) is 0 Å². The van der Waals surface area contributed by atoms with Crippen LogP contribution in [0.5, 0.6) is 0 Å². The lowest BCUT2D eigenvalue weighted by atomic mass is 10.1. The summed E-state index contributed by atoms with van der Waals surface area (Å²) in [4.78, 5) is 16.6. The lowest BCUT2D eigenvalue weighted by Crippen LogP contribution is -2.13. The number of benzene rings is 2. The molecular weight excluding hydrogens is 284 g/mol. The van der Waals surface area contributed by atoms with Gasteiger partial charge in [0, 0.05) is 28.7 Å². The molecule has 3 aromatic rings. The second kappa shape index (κ2) is 5.94. The minimum atomic E-state index is -0.154. The number of alkyl halides is 1. The van der Waals surface area contributed by atoms with E-state index in [9.17, 15) is 4.79 Å². The molecule has 1 heterocycles. The zero-order chi connectivity index (χ0) is 14.7. The highest BCUT2D eigenvalue weighted by Gasteiger charge is 2.09. The third-order valence-electron chi connectivity index (χ3n) is 3.27. The number of nitrogens with zero attached hydrogens (tertiary/aromatic N) is 1. The Labute approximate surface area is 127 Å². The maximum atomic E-state index is 12.4. The van der Waals surface area contributed by atoms with Crippen LogP contribution in [0.4, 0.5) is 5.69 Å². The van der Waals surface area contributed by atoms with Gasteiger partial charge in [-0.3, -0.25) is 9.78 Å². The lowest BCUT2D eigenvalue weighted by Gasteiger charge is -2.09. The van der Waals surface area contributed by atoms with E-state index >= 15 is 0 Å². The predicted octanol–water partition coefficient (Wildman–Crippen LogP) is 4.23. The van der Waals surface area contributed by atoms with Crippen LogP contribution < -0.4 is 5.32 Å². The van der Waals surface area contributed by atoms with Crippen LogP contribution in [0, 0.1) is 0 Å². The molecule has 3 rings (SSSR count). The maximum absolute atomic E-state index is 12.4. The van der Waals surface area contributed by atoms with Crippen LogP contribution in [0.3, 0.4) is 0 Å². The second-order valence-corrected chi connectivity index (χ2v) is 4.92. The van der Waals surface area contributed by atoms with Gasteiger partial charge in [-0.2, -0.15) is 0 Å². The number of halogens is 1. The molecule has 0 aliphatic rings. The highest BCUT2D eigenvalue weighted by atomic mass is 35.5. The molecule has 0 aliphatic carbocycles. The lowest BCUT2D eigenvalue weighted by molar-refractivity contribution is 0.102. The number of rotatable bonds is 3. The molecule has 1 amide bonds. The first-order valence-corrected chi connectivity index (χ1v) is 7.11. The SMILES string of the molecule is O=C(Nc1ccccc1CCl)c1ccc2ncccc2c1. The summed E-state index contributed by atoms with van der Waals surface area (Å²) in [5.41, 5.74) is 3.11. The summed E-state index contributed by atoms with van der Waals surface area (Å²) in [7, 11) is 0. The fraction of sp³-hybridized carbons (Fsp3) is 0.0588. The van der Waals surface area contributed by atoms with Crippen molar-refractivity contribution >= 4 is 34.1 Å². The van der Waals surface area contributed by atoms with E-state index in [4.69, 9.17) is 11.6 Å². The summed E-state index contributed by atoms with van der Waals surface area (Å²) in [5, 5.41) is 3.84. The van der Waals surface area contributed by atoms with Crippen molar-refractivity contribution in [2.75, 3.05) is 5.32 Å². The Morgan fingerprint density at radius 2 is 1.95 bits per heavy atom. The molecule has 4 heteroatoms. The quantitative estimate of drug-likeness (QED) is 0.735. The molecule has 0 saturated heterocycles. The summed E-state index contributed by atoms with van der Waals surface area (Å²) in [6.07, 6.45) is 1.73. The van der Waals surface area contributed by atoms with Crippen molar-refractivity contribution in [3.8, 4) is 0 Å². The van der Waals surface area contributed by atoms with Gasteiger partial charge in [-0.15, -0.1) is 11.6 Å². The van der Waals surface area contributed by atoms with E-state index in [2.05, 4.69) is 10.3 Å². The summed E-state index contributed by atoms with van der Waals surface area (Å²) >= 11 is 5.88. The first-order chi connectivity index (χ1) is 10.3. The Kier molecular flexibility index (Phi) is 3.84. The van der Waals surface area contributed by atoms with Crippen LogP contribution in [0.25, 0.3) is 10.9 Å². The number of hydrogen-bond donors (Lipinski definition) is 1. The van der Waals surface area contributed by atoms with E-state index in [0.29, 0.717) is 11.4 Å². The zero-order valence-corrected chi connectivity index (χ0v) is 12.0. The van der Waals surface area contributed by atoms with Gasteiger partial charge in [-0.25, -0.2) is 0 Å².